The number of anilines is 1. The molecule has 6 heteroatoms. The van der Waals surface area contributed by atoms with E-state index in [1.165, 1.54) is 0 Å². The lowest BCUT2D eigenvalue weighted by molar-refractivity contribution is -0.143. The lowest BCUT2D eigenvalue weighted by Gasteiger charge is -2.31. The molecule has 1 heterocycles. The van der Waals surface area contributed by atoms with Crippen LogP contribution in [0.25, 0.3) is 0 Å². The summed E-state index contributed by atoms with van der Waals surface area (Å²) in [5.41, 5.74) is 2.56. The molecule has 6 nitrogen and oxygen atoms in total. The van der Waals surface area contributed by atoms with E-state index < -0.39 is 11.9 Å². The minimum atomic E-state index is -0.839. The number of carboxylic acid groups (broad SMARTS) is 1. The molecule has 1 aliphatic heterocycles. The number of nitrogens with one attached hydrogen (secondary N) is 1. The summed E-state index contributed by atoms with van der Waals surface area (Å²) in [5.74, 6) is -0.536. The van der Waals surface area contributed by atoms with Crippen molar-refractivity contribution >= 4 is 17.7 Å². The molecule has 1 fully saturated rings. The van der Waals surface area contributed by atoms with Gasteiger partial charge in [0.25, 0.3) is 0 Å². The summed E-state index contributed by atoms with van der Waals surface area (Å²) in [7, 11) is 1.61. The van der Waals surface area contributed by atoms with Gasteiger partial charge >= 0.3 is 12.0 Å². The summed E-state index contributed by atoms with van der Waals surface area (Å²) in [5, 5.41) is 12.0. The van der Waals surface area contributed by atoms with Crippen LogP contribution in [0.2, 0.25) is 0 Å². The minimum Gasteiger partial charge on any atom is -0.496 e. The number of rotatable bonds is 3. The molecule has 1 aromatic carbocycles. The summed E-state index contributed by atoms with van der Waals surface area (Å²) in [6, 6.07) is 3.49. The maximum atomic E-state index is 12.3. The number of aliphatic carboxylic acids is 1. The fraction of sp³-hybridized carbons (Fsp3) is 0.500. The van der Waals surface area contributed by atoms with Crippen molar-refractivity contribution in [2.45, 2.75) is 26.7 Å². The number of methoxy groups -OCH3 is 1. The van der Waals surface area contributed by atoms with E-state index >= 15 is 0 Å². The van der Waals surface area contributed by atoms with Crippen molar-refractivity contribution in [3.63, 3.8) is 0 Å². The molecule has 1 atom stereocenters. The number of urea groups is 1. The molecule has 1 aromatic rings. The standard InChI is InChI=1S/C16H22N2O4/c1-10-8-14(22-3)11(2)7-13(10)17-16(21)18-6-4-5-12(9-18)15(19)20/h7-8,12H,4-6,9H2,1-3H3,(H,17,21)(H,19,20). The van der Waals surface area contributed by atoms with E-state index in [9.17, 15) is 9.59 Å². The Morgan fingerprint density at radius 2 is 2.05 bits per heavy atom. The van der Waals surface area contributed by atoms with E-state index in [1.54, 1.807) is 12.0 Å². The Labute approximate surface area is 130 Å². The number of benzene rings is 1. The van der Waals surface area contributed by atoms with Gasteiger partial charge in [0.1, 0.15) is 5.75 Å². The number of piperidine rings is 1. The first-order chi connectivity index (χ1) is 10.4. The molecule has 0 aliphatic carbocycles. The van der Waals surface area contributed by atoms with Gasteiger partial charge in [-0.05, 0) is 49.9 Å². The first kappa shape index (κ1) is 16.1. The highest BCUT2D eigenvalue weighted by Crippen LogP contribution is 2.26. The average Bonchev–Trinajstić information content (AvgIpc) is 2.50. The molecule has 0 aromatic heterocycles. The number of hydrogen-bond acceptors (Lipinski definition) is 3. The SMILES string of the molecule is COc1cc(C)c(NC(=O)N2CCCC(C(=O)O)C2)cc1C. The van der Waals surface area contributed by atoms with Gasteiger partial charge < -0.3 is 20.1 Å². The van der Waals surface area contributed by atoms with Crippen molar-refractivity contribution in [1.82, 2.24) is 4.90 Å². The molecule has 1 saturated heterocycles. The zero-order chi connectivity index (χ0) is 16.3. The fourth-order valence-electron chi connectivity index (χ4n) is 2.70. The van der Waals surface area contributed by atoms with Crippen LogP contribution >= 0.6 is 0 Å². The average molecular weight is 306 g/mol. The molecule has 1 aliphatic rings. The topological polar surface area (TPSA) is 78.9 Å². The van der Waals surface area contributed by atoms with Crippen LogP contribution in [0.15, 0.2) is 12.1 Å². The van der Waals surface area contributed by atoms with Gasteiger partial charge in [0, 0.05) is 18.8 Å². The molecule has 0 spiro atoms. The van der Waals surface area contributed by atoms with Crippen LogP contribution in [0, 0.1) is 19.8 Å². The van der Waals surface area contributed by atoms with Gasteiger partial charge in [-0.15, -0.1) is 0 Å². The minimum absolute atomic E-state index is 0.251. The van der Waals surface area contributed by atoms with Crippen LogP contribution in [-0.2, 0) is 4.79 Å². The predicted octanol–water partition coefficient (Wildman–Crippen LogP) is 2.64. The highest BCUT2D eigenvalue weighted by atomic mass is 16.5. The van der Waals surface area contributed by atoms with E-state index in [1.807, 2.05) is 26.0 Å². The Morgan fingerprint density at radius 3 is 2.68 bits per heavy atom. The fourth-order valence-corrected chi connectivity index (χ4v) is 2.70. The van der Waals surface area contributed by atoms with Crippen LogP contribution in [0.5, 0.6) is 5.75 Å². The predicted molar refractivity (Wildman–Crippen MR) is 83.4 cm³/mol. The second-order valence-electron chi connectivity index (χ2n) is 5.69. The second-order valence-corrected chi connectivity index (χ2v) is 5.69. The molecule has 1 unspecified atom stereocenters. The molecular weight excluding hydrogens is 284 g/mol. The van der Waals surface area contributed by atoms with Crippen LogP contribution in [-0.4, -0.2) is 42.2 Å². The molecule has 2 N–H and O–H groups in total. The van der Waals surface area contributed by atoms with Crippen LogP contribution in [0.1, 0.15) is 24.0 Å². The third-order valence-electron chi connectivity index (χ3n) is 4.04. The third kappa shape index (κ3) is 3.50. The van der Waals surface area contributed by atoms with Crippen molar-refractivity contribution in [3.05, 3.63) is 23.3 Å². The summed E-state index contributed by atoms with van der Waals surface area (Å²) < 4.78 is 5.25. The molecule has 0 radical (unpaired) electrons. The van der Waals surface area contributed by atoms with Gasteiger partial charge in [0.05, 0.1) is 13.0 Å². The van der Waals surface area contributed by atoms with Gasteiger partial charge in [0.2, 0.25) is 0 Å². The van der Waals surface area contributed by atoms with Gasteiger partial charge in [-0.25, -0.2) is 4.79 Å². The Balaban J connectivity index is 2.08. The number of ether oxygens (including phenoxy) is 1. The highest BCUT2D eigenvalue weighted by molar-refractivity contribution is 5.91. The molecule has 22 heavy (non-hydrogen) atoms. The lowest BCUT2D eigenvalue weighted by atomic mass is 9.99. The number of likely N-dealkylation sites (tertiary alicyclic amines) is 1. The third-order valence-corrected chi connectivity index (χ3v) is 4.04. The smallest absolute Gasteiger partial charge is 0.321 e. The van der Waals surface area contributed by atoms with E-state index in [2.05, 4.69) is 5.32 Å². The van der Waals surface area contributed by atoms with Crippen LogP contribution in [0.4, 0.5) is 10.5 Å². The zero-order valence-electron chi connectivity index (χ0n) is 13.2. The number of carboxylic acids is 1. The van der Waals surface area contributed by atoms with Gasteiger partial charge in [-0.3, -0.25) is 4.79 Å². The summed E-state index contributed by atoms with van der Waals surface area (Å²) in [6.45, 7) is 4.66. The normalized spacial score (nSPS) is 18.0. The Morgan fingerprint density at radius 1 is 1.32 bits per heavy atom. The summed E-state index contributed by atoms with van der Waals surface area (Å²) in [4.78, 5) is 25.0. The van der Waals surface area contributed by atoms with Crippen molar-refractivity contribution in [3.8, 4) is 5.75 Å². The molecule has 2 rings (SSSR count). The first-order valence-electron chi connectivity index (χ1n) is 7.36. The van der Waals surface area contributed by atoms with E-state index in [-0.39, 0.29) is 12.6 Å². The lowest BCUT2D eigenvalue weighted by Crippen LogP contribution is -2.44. The van der Waals surface area contributed by atoms with Crippen molar-refractivity contribution in [2.75, 3.05) is 25.5 Å². The summed E-state index contributed by atoms with van der Waals surface area (Å²) >= 11 is 0. The van der Waals surface area contributed by atoms with Crippen LogP contribution < -0.4 is 10.1 Å². The largest absolute Gasteiger partial charge is 0.496 e. The number of hydrogen-bond donors (Lipinski definition) is 2. The quantitative estimate of drug-likeness (QED) is 0.900. The monoisotopic (exact) mass is 306 g/mol. The van der Waals surface area contributed by atoms with Gasteiger partial charge in [0.15, 0.2) is 0 Å². The van der Waals surface area contributed by atoms with Gasteiger partial charge in [-0.1, -0.05) is 0 Å². The Hall–Kier alpha value is -2.24. The van der Waals surface area contributed by atoms with E-state index in [0.29, 0.717) is 19.4 Å². The van der Waals surface area contributed by atoms with Crippen molar-refractivity contribution in [2.24, 2.45) is 5.92 Å². The molecule has 0 bridgehead atoms. The number of carbonyl (C=O) groups excluding carboxylic acids is 1. The molecule has 2 amide bonds. The number of nitrogens with zero attached hydrogens (tertiary/aromatic N) is 1. The van der Waals surface area contributed by atoms with Crippen LogP contribution in [0.3, 0.4) is 0 Å². The second kappa shape index (κ2) is 6.68. The van der Waals surface area contributed by atoms with Gasteiger partial charge in [-0.2, -0.15) is 0 Å². The molecular formula is C16H22N2O4. The maximum Gasteiger partial charge on any atom is 0.321 e. The number of aryl methyl sites for hydroxylation is 2. The van der Waals surface area contributed by atoms with E-state index in [0.717, 1.165) is 22.6 Å². The highest BCUT2D eigenvalue weighted by Gasteiger charge is 2.28. The van der Waals surface area contributed by atoms with E-state index in [4.69, 9.17) is 9.84 Å². The number of amides is 2. The zero-order valence-corrected chi connectivity index (χ0v) is 13.2. The van der Waals surface area contributed by atoms with Crippen molar-refractivity contribution < 1.29 is 19.4 Å². The Kier molecular flexibility index (Phi) is 4.90. The molecule has 120 valence electrons. The number of carbonyl (C=O) groups is 2. The maximum absolute atomic E-state index is 12.3. The van der Waals surface area contributed by atoms with Crippen molar-refractivity contribution in [1.29, 1.82) is 0 Å². The Bertz CT molecular complexity index is 586. The molecule has 0 saturated carbocycles. The summed E-state index contributed by atoms with van der Waals surface area (Å²) in [6.07, 6.45) is 1.34. The first-order valence-corrected chi connectivity index (χ1v) is 7.36.